The van der Waals surface area contributed by atoms with Gasteiger partial charge in [0.25, 0.3) is 0 Å². The van der Waals surface area contributed by atoms with E-state index < -0.39 is 0 Å². The Hall–Kier alpha value is -1.24. The molecule has 2 saturated heterocycles. The van der Waals surface area contributed by atoms with Gasteiger partial charge < -0.3 is 15.0 Å². The van der Waals surface area contributed by atoms with Crippen LogP contribution in [0.1, 0.15) is 19.3 Å². The Labute approximate surface area is 148 Å². The number of hydrogen-bond donors (Lipinski definition) is 1. The number of morpholine rings is 1. The first-order valence-electron chi connectivity index (χ1n) is 8.78. The fourth-order valence-electron chi connectivity index (χ4n) is 3.44. The molecule has 2 amide bonds. The van der Waals surface area contributed by atoms with E-state index >= 15 is 0 Å². The van der Waals surface area contributed by atoms with Gasteiger partial charge in [-0.1, -0.05) is 6.07 Å². The second kappa shape index (κ2) is 8.74. The van der Waals surface area contributed by atoms with E-state index in [0.717, 1.165) is 62.8 Å². The van der Waals surface area contributed by atoms with Crippen LogP contribution in [-0.4, -0.2) is 67.5 Å². The molecule has 0 aliphatic carbocycles. The highest BCUT2D eigenvalue weighted by atomic mass is 32.2. The number of nitrogens with zero attached hydrogens (tertiary/aromatic N) is 2. The Morgan fingerprint density at radius 2 is 2.12 bits per heavy atom. The topological polar surface area (TPSA) is 44.8 Å². The maximum absolute atomic E-state index is 12.8. The summed E-state index contributed by atoms with van der Waals surface area (Å²) in [6, 6.07) is 8.37. The summed E-state index contributed by atoms with van der Waals surface area (Å²) in [5.41, 5.74) is 0.877. The minimum atomic E-state index is 0.0335. The highest BCUT2D eigenvalue weighted by Crippen LogP contribution is 2.22. The molecule has 2 heterocycles. The van der Waals surface area contributed by atoms with Gasteiger partial charge in [-0.2, -0.15) is 0 Å². The predicted octanol–water partition coefficient (Wildman–Crippen LogP) is 3.13. The molecule has 1 N–H and O–H groups in total. The minimum Gasteiger partial charge on any atom is -0.379 e. The third kappa shape index (κ3) is 4.65. The van der Waals surface area contributed by atoms with Crippen molar-refractivity contribution in [2.75, 3.05) is 51.0 Å². The molecule has 132 valence electrons. The predicted molar refractivity (Wildman–Crippen MR) is 98.8 cm³/mol. The van der Waals surface area contributed by atoms with Crippen molar-refractivity contribution in [3.05, 3.63) is 24.3 Å². The fraction of sp³-hybridized carbons (Fsp3) is 0.611. The Bertz CT molecular complexity index is 549. The van der Waals surface area contributed by atoms with Crippen molar-refractivity contribution in [1.29, 1.82) is 0 Å². The van der Waals surface area contributed by atoms with Crippen LogP contribution in [0.2, 0.25) is 0 Å². The number of urea groups is 1. The molecule has 3 rings (SSSR count). The van der Waals surface area contributed by atoms with Crippen molar-refractivity contribution in [2.24, 2.45) is 0 Å². The van der Waals surface area contributed by atoms with E-state index in [1.165, 1.54) is 6.42 Å². The van der Waals surface area contributed by atoms with Gasteiger partial charge in [0.1, 0.15) is 0 Å². The standard InChI is InChI=1S/C18H27N3O2S/c1-24-17-7-4-5-15(13-17)19-18(22)21-8-3-2-6-16(21)14-20-9-11-23-12-10-20/h4-5,7,13,16H,2-3,6,8-12,14H2,1H3,(H,19,22)/t16-/m1/s1. The summed E-state index contributed by atoms with van der Waals surface area (Å²) in [6.45, 7) is 5.37. The maximum atomic E-state index is 12.8. The van der Waals surface area contributed by atoms with Crippen molar-refractivity contribution >= 4 is 23.5 Å². The highest BCUT2D eigenvalue weighted by molar-refractivity contribution is 7.98. The van der Waals surface area contributed by atoms with E-state index in [-0.39, 0.29) is 6.03 Å². The van der Waals surface area contributed by atoms with Gasteiger partial charge in [-0.25, -0.2) is 4.79 Å². The first-order chi connectivity index (χ1) is 11.8. The number of carbonyl (C=O) groups excluding carboxylic acids is 1. The SMILES string of the molecule is CSc1cccc(NC(=O)N2CCCC[C@@H]2CN2CCOCC2)c1. The molecule has 1 atom stereocenters. The zero-order chi connectivity index (χ0) is 16.8. The summed E-state index contributed by atoms with van der Waals surface area (Å²) in [6.07, 6.45) is 5.44. The van der Waals surface area contributed by atoms with Crippen molar-refractivity contribution in [2.45, 2.75) is 30.2 Å². The van der Waals surface area contributed by atoms with Crippen LogP contribution in [0.3, 0.4) is 0 Å². The zero-order valence-electron chi connectivity index (χ0n) is 14.4. The Morgan fingerprint density at radius 1 is 1.29 bits per heavy atom. The minimum absolute atomic E-state index is 0.0335. The molecule has 2 aliphatic rings. The van der Waals surface area contributed by atoms with Gasteiger partial charge in [0.15, 0.2) is 0 Å². The second-order valence-electron chi connectivity index (χ2n) is 6.42. The summed E-state index contributed by atoms with van der Waals surface area (Å²) in [5, 5.41) is 3.08. The van der Waals surface area contributed by atoms with Crippen molar-refractivity contribution in [1.82, 2.24) is 9.80 Å². The van der Waals surface area contributed by atoms with Crippen LogP contribution in [0.5, 0.6) is 0 Å². The molecule has 0 unspecified atom stereocenters. The molecule has 2 aliphatic heterocycles. The molecule has 6 heteroatoms. The number of anilines is 1. The number of carbonyl (C=O) groups is 1. The van der Waals surface area contributed by atoms with Crippen LogP contribution >= 0.6 is 11.8 Å². The normalized spacial score (nSPS) is 22.4. The van der Waals surface area contributed by atoms with Gasteiger partial charge in [-0.05, 0) is 43.7 Å². The maximum Gasteiger partial charge on any atom is 0.322 e. The van der Waals surface area contributed by atoms with E-state index in [4.69, 9.17) is 4.74 Å². The van der Waals surface area contributed by atoms with Gasteiger partial charge in [0, 0.05) is 42.8 Å². The van der Waals surface area contributed by atoms with Gasteiger partial charge in [0.05, 0.1) is 13.2 Å². The summed E-state index contributed by atoms with van der Waals surface area (Å²) in [4.78, 5) is 18.4. The number of amides is 2. The van der Waals surface area contributed by atoms with Crippen LogP contribution in [0.15, 0.2) is 29.2 Å². The molecule has 24 heavy (non-hydrogen) atoms. The highest BCUT2D eigenvalue weighted by Gasteiger charge is 2.28. The molecule has 0 bridgehead atoms. The number of benzene rings is 1. The van der Waals surface area contributed by atoms with Gasteiger partial charge >= 0.3 is 6.03 Å². The molecule has 1 aromatic rings. The first-order valence-corrected chi connectivity index (χ1v) is 10.0. The molecule has 0 saturated carbocycles. The second-order valence-corrected chi connectivity index (χ2v) is 7.30. The number of ether oxygens (including phenoxy) is 1. The van der Waals surface area contributed by atoms with E-state index in [0.29, 0.717) is 6.04 Å². The van der Waals surface area contributed by atoms with Gasteiger partial charge in [-0.15, -0.1) is 11.8 Å². The van der Waals surface area contributed by atoms with Gasteiger partial charge in [0.2, 0.25) is 0 Å². The lowest BCUT2D eigenvalue weighted by Crippen LogP contribution is -2.52. The third-order valence-corrected chi connectivity index (χ3v) is 5.51. The van der Waals surface area contributed by atoms with E-state index in [1.54, 1.807) is 11.8 Å². The molecule has 0 aromatic heterocycles. The number of nitrogens with one attached hydrogen (secondary N) is 1. The molecule has 5 nitrogen and oxygen atoms in total. The molecule has 0 radical (unpaired) electrons. The fourth-order valence-corrected chi connectivity index (χ4v) is 3.90. The summed E-state index contributed by atoms with van der Waals surface area (Å²) < 4.78 is 5.43. The zero-order valence-corrected chi connectivity index (χ0v) is 15.2. The quantitative estimate of drug-likeness (QED) is 0.848. The molecular weight excluding hydrogens is 322 g/mol. The van der Waals surface area contributed by atoms with Gasteiger partial charge in [-0.3, -0.25) is 4.90 Å². The van der Waals surface area contributed by atoms with E-state index in [9.17, 15) is 4.79 Å². The Balaban J connectivity index is 1.61. The number of likely N-dealkylation sites (tertiary alicyclic amines) is 1. The average molecular weight is 350 g/mol. The average Bonchev–Trinajstić information content (AvgIpc) is 2.63. The Kier molecular flexibility index (Phi) is 6.40. The summed E-state index contributed by atoms with van der Waals surface area (Å²) in [5.74, 6) is 0. The number of piperidine rings is 1. The molecule has 0 spiro atoms. The lowest BCUT2D eigenvalue weighted by Gasteiger charge is -2.39. The first kappa shape index (κ1) is 17.6. The Morgan fingerprint density at radius 3 is 2.92 bits per heavy atom. The van der Waals surface area contributed by atoms with Crippen molar-refractivity contribution in [3.63, 3.8) is 0 Å². The summed E-state index contributed by atoms with van der Waals surface area (Å²) in [7, 11) is 0. The molecule has 2 fully saturated rings. The lowest BCUT2D eigenvalue weighted by molar-refractivity contribution is 0.0229. The van der Waals surface area contributed by atoms with Crippen LogP contribution < -0.4 is 5.32 Å². The lowest BCUT2D eigenvalue weighted by atomic mass is 10.0. The van der Waals surface area contributed by atoms with Crippen molar-refractivity contribution in [3.8, 4) is 0 Å². The molecule has 1 aromatic carbocycles. The summed E-state index contributed by atoms with van der Waals surface area (Å²) >= 11 is 1.69. The van der Waals surface area contributed by atoms with E-state index in [2.05, 4.69) is 16.3 Å². The smallest absolute Gasteiger partial charge is 0.322 e. The molecular formula is C18H27N3O2S. The largest absolute Gasteiger partial charge is 0.379 e. The number of thioether (sulfide) groups is 1. The number of hydrogen-bond acceptors (Lipinski definition) is 4. The van der Waals surface area contributed by atoms with Crippen LogP contribution in [0.25, 0.3) is 0 Å². The van der Waals surface area contributed by atoms with Crippen LogP contribution in [-0.2, 0) is 4.74 Å². The van der Waals surface area contributed by atoms with Crippen LogP contribution in [0.4, 0.5) is 10.5 Å². The number of rotatable bonds is 4. The van der Waals surface area contributed by atoms with Crippen LogP contribution in [0, 0.1) is 0 Å². The van der Waals surface area contributed by atoms with Crippen molar-refractivity contribution < 1.29 is 9.53 Å². The monoisotopic (exact) mass is 349 g/mol. The van der Waals surface area contributed by atoms with E-state index in [1.807, 2.05) is 29.4 Å². The third-order valence-electron chi connectivity index (χ3n) is 4.78.